The van der Waals surface area contributed by atoms with Crippen LogP contribution in [0.15, 0.2) is 36.4 Å². The van der Waals surface area contributed by atoms with Crippen LogP contribution in [-0.2, 0) is 19.1 Å². The largest absolute Gasteiger partial charge is 0.466 e. The van der Waals surface area contributed by atoms with Crippen LogP contribution in [0.25, 0.3) is 6.08 Å². The molecule has 0 aliphatic carbocycles. The molecular weight excluding hydrogens is 296 g/mol. The van der Waals surface area contributed by atoms with Gasteiger partial charge in [-0.15, -0.1) is 0 Å². The molecule has 1 fully saturated rings. The predicted molar refractivity (Wildman–Crippen MR) is 85.2 cm³/mol. The summed E-state index contributed by atoms with van der Waals surface area (Å²) >= 11 is 0. The lowest BCUT2D eigenvalue weighted by Gasteiger charge is -2.33. The average Bonchev–Trinajstić information content (AvgIpc) is 2.55. The second kappa shape index (κ2) is 8.12. The van der Waals surface area contributed by atoms with Gasteiger partial charge in [0.15, 0.2) is 0 Å². The molecule has 1 aromatic carbocycles. The number of ether oxygens (including phenoxy) is 1. The maximum atomic E-state index is 12.4. The van der Waals surface area contributed by atoms with E-state index in [0.29, 0.717) is 13.1 Å². The van der Waals surface area contributed by atoms with E-state index in [1.807, 2.05) is 30.3 Å². The fourth-order valence-electron chi connectivity index (χ4n) is 2.39. The predicted octanol–water partition coefficient (Wildman–Crippen LogP) is 0.980. The van der Waals surface area contributed by atoms with Gasteiger partial charge < -0.3 is 15.0 Å². The van der Waals surface area contributed by atoms with E-state index in [1.165, 1.54) is 11.0 Å². The van der Waals surface area contributed by atoms with Crippen LogP contribution in [0.3, 0.4) is 0 Å². The van der Waals surface area contributed by atoms with Crippen LogP contribution in [0.5, 0.6) is 0 Å². The summed E-state index contributed by atoms with van der Waals surface area (Å²) in [6.07, 6.45) is 2.98. The Labute approximate surface area is 135 Å². The molecule has 2 rings (SSSR count). The second-order valence-electron chi connectivity index (χ2n) is 5.09. The van der Waals surface area contributed by atoms with Gasteiger partial charge in [0.25, 0.3) is 0 Å². The molecule has 1 N–H and O–H groups in total. The van der Waals surface area contributed by atoms with Crippen molar-refractivity contribution in [1.29, 1.82) is 0 Å². The van der Waals surface area contributed by atoms with Gasteiger partial charge in [-0.1, -0.05) is 30.3 Å². The number of amides is 2. The van der Waals surface area contributed by atoms with Gasteiger partial charge in [0.05, 0.1) is 13.0 Å². The maximum absolute atomic E-state index is 12.4. The number of carbonyl (C=O) groups excluding carboxylic acids is 3. The summed E-state index contributed by atoms with van der Waals surface area (Å²) in [5.41, 5.74) is 0.893. The van der Waals surface area contributed by atoms with Crippen LogP contribution in [0.1, 0.15) is 18.9 Å². The summed E-state index contributed by atoms with van der Waals surface area (Å²) in [7, 11) is 0. The molecule has 0 unspecified atom stereocenters. The van der Waals surface area contributed by atoms with Crippen LogP contribution in [0, 0.1) is 0 Å². The summed E-state index contributed by atoms with van der Waals surface area (Å²) in [6.45, 7) is 2.69. The zero-order valence-electron chi connectivity index (χ0n) is 13.0. The molecule has 2 amide bonds. The lowest BCUT2D eigenvalue weighted by Crippen LogP contribution is -2.57. The van der Waals surface area contributed by atoms with Crippen molar-refractivity contribution < 1.29 is 19.1 Å². The Morgan fingerprint density at radius 2 is 2.09 bits per heavy atom. The first kappa shape index (κ1) is 16.7. The third-order valence-electron chi connectivity index (χ3n) is 3.50. The number of nitrogens with zero attached hydrogens (tertiary/aromatic N) is 1. The first-order chi connectivity index (χ1) is 11.1. The zero-order valence-corrected chi connectivity index (χ0v) is 13.0. The Hall–Kier alpha value is -2.63. The third-order valence-corrected chi connectivity index (χ3v) is 3.50. The van der Waals surface area contributed by atoms with E-state index in [-0.39, 0.29) is 24.8 Å². The number of hydrogen-bond donors (Lipinski definition) is 1. The Kier molecular flexibility index (Phi) is 5.91. The summed E-state index contributed by atoms with van der Waals surface area (Å²) in [4.78, 5) is 37.4. The van der Waals surface area contributed by atoms with E-state index in [0.717, 1.165) is 5.56 Å². The summed E-state index contributed by atoms with van der Waals surface area (Å²) in [6, 6.07) is 8.58. The number of nitrogens with one attached hydrogen (secondary N) is 1. The van der Waals surface area contributed by atoms with Crippen molar-refractivity contribution in [3.63, 3.8) is 0 Å². The van der Waals surface area contributed by atoms with Gasteiger partial charge in [0.1, 0.15) is 6.04 Å². The van der Waals surface area contributed by atoms with Crippen molar-refractivity contribution in [2.24, 2.45) is 0 Å². The summed E-state index contributed by atoms with van der Waals surface area (Å²) < 4.78 is 4.88. The fraction of sp³-hybridized carbons (Fsp3) is 0.353. The molecule has 1 atom stereocenters. The molecule has 1 heterocycles. The van der Waals surface area contributed by atoms with E-state index in [2.05, 4.69) is 5.32 Å². The molecule has 0 saturated carbocycles. The first-order valence-corrected chi connectivity index (χ1v) is 7.59. The molecule has 23 heavy (non-hydrogen) atoms. The van der Waals surface area contributed by atoms with Crippen molar-refractivity contribution in [3.8, 4) is 0 Å². The topological polar surface area (TPSA) is 75.7 Å². The number of rotatable bonds is 5. The molecule has 1 aliphatic heterocycles. The molecule has 0 radical (unpaired) electrons. The molecule has 1 aromatic rings. The highest BCUT2D eigenvalue weighted by Crippen LogP contribution is 2.12. The van der Waals surface area contributed by atoms with Crippen molar-refractivity contribution in [2.45, 2.75) is 19.4 Å². The normalized spacial score (nSPS) is 17.9. The van der Waals surface area contributed by atoms with Crippen molar-refractivity contribution >= 4 is 23.9 Å². The Morgan fingerprint density at radius 1 is 1.35 bits per heavy atom. The van der Waals surface area contributed by atoms with Crippen molar-refractivity contribution in [2.75, 3.05) is 19.7 Å². The van der Waals surface area contributed by atoms with Gasteiger partial charge in [-0.25, -0.2) is 0 Å². The van der Waals surface area contributed by atoms with Crippen LogP contribution in [0.4, 0.5) is 0 Å². The number of esters is 1. The summed E-state index contributed by atoms with van der Waals surface area (Å²) in [5, 5.41) is 2.67. The third kappa shape index (κ3) is 4.67. The molecule has 6 nitrogen and oxygen atoms in total. The SMILES string of the molecule is CCOC(=O)C[C@@H]1C(=O)NCCN1C(=O)/C=C/c1ccccc1. The van der Waals surface area contributed by atoms with E-state index in [1.54, 1.807) is 13.0 Å². The monoisotopic (exact) mass is 316 g/mol. The van der Waals surface area contributed by atoms with E-state index < -0.39 is 12.0 Å². The minimum absolute atomic E-state index is 0.134. The minimum atomic E-state index is -0.823. The molecule has 0 bridgehead atoms. The molecule has 1 saturated heterocycles. The number of piperazine rings is 1. The second-order valence-corrected chi connectivity index (χ2v) is 5.09. The highest BCUT2D eigenvalue weighted by Gasteiger charge is 2.34. The van der Waals surface area contributed by atoms with Crippen LogP contribution in [-0.4, -0.2) is 48.4 Å². The highest BCUT2D eigenvalue weighted by atomic mass is 16.5. The quantitative estimate of drug-likeness (QED) is 0.649. The Morgan fingerprint density at radius 3 is 2.78 bits per heavy atom. The van der Waals surface area contributed by atoms with Crippen molar-refractivity contribution in [1.82, 2.24) is 10.2 Å². The van der Waals surface area contributed by atoms with Gasteiger partial charge in [0, 0.05) is 19.2 Å². The number of hydrogen-bond acceptors (Lipinski definition) is 4. The number of benzene rings is 1. The first-order valence-electron chi connectivity index (χ1n) is 7.59. The number of carbonyl (C=O) groups is 3. The van der Waals surface area contributed by atoms with Gasteiger partial charge in [-0.2, -0.15) is 0 Å². The molecule has 1 aliphatic rings. The lowest BCUT2D eigenvalue weighted by atomic mass is 10.1. The van der Waals surface area contributed by atoms with Gasteiger partial charge in [0.2, 0.25) is 11.8 Å². The van der Waals surface area contributed by atoms with Gasteiger partial charge in [-0.3, -0.25) is 14.4 Å². The average molecular weight is 316 g/mol. The zero-order chi connectivity index (χ0) is 16.7. The van der Waals surface area contributed by atoms with Gasteiger partial charge >= 0.3 is 5.97 Å². The molecule has 0 aromatic heterocycles. The van der Waals surface area contributed by atoms with Crippen LogP contribution < -0.4 is 5.32 Å². The molecule has 0 spiro atoms. The van der Waals surface area contributed by atoms with E-state index in [4.69, 9.17) is 4.74 Å². The van der Waals surface area contributed by atoms with Crippen LogP contribution in [0.2, 0.25) is 0 Å². The fourth-order valence-corrected chi connectivity index (χ4v) is 2.39. The Balaban J connectivity index is 2.07. The maximum Gasteiger partial charge on any atom is 0.308 e. The lowest BCUT2D eigenvalue weighted by molar-refractivity contribution is -0.150. The van der Waals surface area contributed by atoms with E-state index >= 15 is 0 Å². The van der Waals surface area contributed by atoms with Gasteiger partial charge in [-0.05, 0) is 18.6 Å². The smallest absolute Gasteiger partial charge is 0.308 e. The minimum Gasteiger partial charge on any atom is -0.466 e. The van der Waals surface area contributed by atoms with E-state index in [9.17, 15) is 14.4 Å². The van der Waals surface area contributed by atoms with Crippen LogP contribution >= 0.6 is 0 Å². The Bertz CT molecular complexity index is 598. The standard InChI is InChI=1S/C17H20N2O4/c1-2-23-16(21)12-14-17(22)18-10-11-19(14)15(20)9-8-13-6-4-3-5-7-13/h3-9,14H,2,10-12H2,1H3,(H,18,22)/b9-8+/t14-/m1/s1. The van der Waals surface area contributed by atoms with Crippen molar-refractivity contribution in [3.05, 3.63) is 42.0 Å². The highest BCUT2D eigenvalue weighted by molar-refractivity contribution is 5.97. The molecule has 6 heteroatoms. The summed E-state index contributed by atoms with van der Waals surface area (Å²) in [5.74, 6) is -1.11. The molecular formula is C17H20N2O4. The molecule has 122 valence electrons.